The van der Waals surface area contributed by atoms with Gasteiger partial charge in [-0.3, -0.25) is 4.98 Å². The Kier molecular flexibility index (Phi) is 5.61. The van der Waals surface area contributed by atoms with E-state index in [4.69, 9.17) is 16.3 Å². The molecule has 0 aliphatic carbocycles. The number of nitrogens with zero attached hydrogens (tertiary/aromatic N) is 3. The van der Waals surface area contributed by atoms with E-state index in [9.17, 15) is 17.6 Å². The van der Waals surface area contributed by atoms with Gasteiger partial charge in [0.1, 0.15) is 23.1 Å². The summed E-state index contributed by atoms with van der Waals surface area (Å²) in [7, 11) is -2.69. The zero-order valence-corrected chi connectivity index (χ0v) is 16.0. The van der Waals surface area contributed by atoms with Crippen LogP contribution in [0.25, 0.3) is 5.69 Å². The molecule has 0 aliphatic heterocycles. The largest absolute Gasteiger partial charge is 0.443 e. The monoisotopic (exact) mass is 424 g/mol. The van der Waals surface area contributed by atoms with E-state index < -0.39 is 21.7 Å². The molecule has 2 heterocycles. The number of alkyl carbamates (subject to hydrolysis) is 1. The van der Waals surface area contributed by atoms with Gasteiger partial charge < -0.3 is 10.1 Å². The van der Waals surface area contributed by atoms with Crippen molar-refractivity contribution < 1.29 is 22.3 Å². The van der Waals surface area contributed by atoms with Crippen molar-refractivity contribution in [2.24, 2.45) is 0 Å². The molecule has 0 radical (unpaired) electrons. The second-order valence-corrected chi connectivity index (χ2v) is 7.75. The first-order valence-corrected chi connectivity index (χ1v) is 9.73. The lowest BCUT2D eigenvalue weighted by Gasteiger charge is -2.10. The van der Waals surface area contributed by atoms with Gasteiger partial charge in [0.25, 0.3) is 0 Å². The van der Waals surface area contributed by atoms with E-state index >= 15 is 0 Å². The fourth-order valence-electron chi connectivity index (χ4n) is 2.34. The highest BCUT2D eigenvalue weighted by Crippen LogP contribution is 2.29. The van der Waals surface area contributed by atoms with E-state index in [1.165, 1.54) is 49.8 Å². The van der Waals surface area contributed by atoms with Crippen LogP contribution in [0.4, 0.5) is 9.18 Å². The number of aromatic nitrogens is 3. The number of hydrogen-bond acceptors (Lipinski definition) is 6. The number of rotatable bonds is 5. The summed E-state index contributed by atoms with van der Waals surface area (Å²) in [5, 5.41) is 5.84. The smallest absolute Gasteiger partial charge is 0.407 e. The number of nitrogens with one attached hydrogen (secondary N) is 1. The molecular weight excluding hydrogens is 411 g/mol. The summed E-state index contributed by atoms with van der Waals surface area (Å²) in [6, 6.07) is 8.00. The zero-order chi connectivity index (χ0) is 20.3. The molecule has 3 aromatic rings. The molecule has 0 saturated heterocycles. The van der Waals surface area contributed by atoms with Crippen molar-refractivity contribution in [1.82, 2.24) is 20.1 Å². The summed E-state index contributed by atoms with van der Waals surface area (Å²) >= 11 is 6.02. The second kappa shape index (κ2) is 7.95. The van der Waals surface area contributed by atoms with Crippen LogP contribution in [0.1, 0.15) is 5.69 Å². The normalized spacial score (nSPS) is 11.2. The molecule has 0 aliphatic rings. The third kappa shape index (κ3) is 3.82. The Bertz CT molecular complexity index is 1120. The number of hydrogen-bond donors (Lipinski definition) is 1. The summed E-state index contributed by atoms with van der Waals surface area (Å²) in [5.41, 5.74) is 0.154. The van der Waals surface area contributed by atoms with Gasteiger partial charge >= 0.3 is 6.09 Å². The van der Waals surface area contributed by atoms with E-state index in [-0.39, 0.29) is 32.9 Å². The molecule has 0 unspecified atom stereocenters. The van der Waals surface area contributed by atoms with Gasteiger partial charge in [-0.2, -0.15) is 5.10 Å². The Morgan fingerprint density at radius 3 is 2.79 bits per heavy atom. The maximum Gasteiger partial charge on any atom is 0.407 e. The number of halogens is 2. The number of pyridine rings is 1. The predicted molar refractivity (Wildman–Crippen MR) is 97.5 cm³/mol. The van der Waals surface area contributed by atoms with Gasteiger partial charge in [-0.25, -0.2) is 22.3 Å². The molecule has 0 atom stereocenters. The van der Waals surface area contributed by atoms with Gasteiger partial charge in [0.05, 0.1) is 10.6 Å². The quantitative estimate of drug-likeness (QED) is 0.675. The SMILES string of the molecule is CNC(=O)OCc1cc(S(=O)(=O)c2cccnc2)n(-c2cccc(F)c2Cl)n1. The third-order valence-corrected chi connectivity index (χ3v) is 5.74. The van der Waals surface area contributed by atoms with Crippen LogP contribution in [0.15, 0.2) is 58.7 Å². The van der Waals surface area contributed by atoms with E-state index in [1.807, 2.05) is 0 Å². The third-order valence-electron chi connectivity index (χ3n) is 3.66. The van der Waals surface area contributed by atoms with Crippen LogP contribution in [0, 0.1) is 5.82 Å². The Labute approximate surface area is 164 Å². The second-order valence-electron chi connectivity index (χ2n) is 5.48. The molecule has 3 rings (SSSR count). The van der Waals surface area contributed by atoms with Crippen molar-refractivity contribution >= 4 is 27.5 Å². The maximum atomic E-state index is 13.9. The summed E-state index contributed by atoms with van der Waals surface area (Å²) in [5.74, 6) is -0.734. The van der Waals surface area contributed by atoms with Gasteiger partial charge in [-0.1, -0.05) is 17.7 Å². The lowest BCUT2D eigenvalue weighted by atomic mass is 10.3. The van der Waals surface area contributed by atoms with Gasteiger partial charge in [0.2, 0.25) is 9.84 Å². The minimum absolute atomic E-state index is 0.0234. The summed E-state index contributed by atoms with van der Waals surface area (Å²) in [6.07, 6.45) is 1.90. The number of amides is 1. The fourth-order valence-corrected chi connectivity index (χ4v) is 3.90. The molecule has 0 bridgehead atoms. The Hall–Kier alpha value is -2.98. The number of carbonyl (C=O) groups excluding carboxylic acids is 1. The first-order chi connectivity index (χ1) is 13.3. The minimum atomic E-state index is -4.07. The van der Waals surface area contributed by atoms with Crippen LogP contribution >= 0.6 is 11.6 Å². The van der Waals surface area contributed by atoms with Crippen LogP contribution in [0.5, 0.6) is 0 Å². The number of sulfone groups is 1. The van der Waals surface area contributed by atoms with Crippen molar-refractivity contribution in [1.29, 1.82) is 0 Å². The Morgan fingerprint density at radius 2 is 2.11 bits per heavy atom. The highest BCUT2D eigenvalue weighted by Gasteiger charge is 2.27. The van der Waals surface area contributed by atoms with Crippen molar-refractivity contribution in [2.75, 3.05) is 7.05 Å². The average Bonchev–Trinajstić information content (AvgIpc) is 3.14. The van der Waals surface area contributed by atoms with Gasteiger partial charge in [0, 0.05) is 25.5 Å². The fraction of sp³-hybridized carbons (Fsp3) is 0.118. The first kappa shape index (κ1) is 19.8. The van der Waals surface area contributed by atoms with E-state index in [2.05, 4.69) is 15.4 Å². The van der Waals surface area contributed by atoms with Crippen molar-refractivity contribution in [2.45, 2.75) is 16.5 Å². The molecule has 0 fully saturated rings. The average molecular weight is 425 g/mol. The molecule has 28 heavy (non-hydrogen) atoms. The number of carbonyl (C=O) groups is 1. The molecule has 1 amide bonds. The molecule has 1 N–H and O–H groups in total. The Morgan fingerprint density at radius 1 is 1.32 bits per heavy atom. The molecular formula is C17H14ClFN4O4S. The van der Waals surface area contributed by atoms with Gasteiger partial charge in [-0.15, -0.1) is 0 Å². The number of ether oxygens (including phenoxy) is 1. The molecule has 0 spiro atoms. The number of benzene rings is 1. The van der Waals surface area contributed by atoms with Crippen molar-refractivity contribution in [3.8, 4) is 5.69 Å². The van der Waals surface area contributed by atoms with E-state index in [0.717, 1.165) is 10.7 Å². The topological polar surface area (TPSA) is 103 Å². The Balaban J connectivity index is 2.16. The molecule has 146 valence electrons. The molecule has 1 aromatic carbocycles. The lowest BCUT2D eigenvalue weighted by Crippen LogP contribution is -2.19. The maximum absolute atomic E-state index is 13.9. The zero-order valence-electron chi connectivity index (χ0n) is 14.5. The lowest BCUT2D eigenvalue weighted by molar-refractivity contribution is 0.140. The van der Waals surface area contributed by atoms with Crippen LogP contribution in [0.2, 0.25) is 5.02 Å². The highest BCUT2D eigenvalue weighted by atomic mass is 35.5. The van der Waals surface area contributed by atoms with Crippen molar-refractivity contribution in [3.05, 3.63) is 65.3 Å². The van der Waals surface area contributed by atoms with Crippen LogP contribution in [0.3, 0.4) is 0 Å². The van der Waals surface area contributed by atoms with E-state index in [1.54, 1.807) is 0 Å². The molecule has 11 heteroatoms. The van der Waals surface area contributed by atoms with Gasteiger partial charge in [0.15, 0.2) is 5.03 Å². The molecule has 8 nitrogen and oxygen atoms in total. The summed E-state index contributed by atoms with van der Waals surface area (Å²) < 4.78 is 46.0. The minimum Gasteiger partial charge on any atom is -0.443 e. The molecule has 2 aromatic heterocycles. The van der Waals surface area contributed by atoms with Gasteiger partial charge in [-0.05, 0) is 24.3 Å². The standard InChI is InChI=1S/C17H14ClFN4O4S/c1-20-17(24)27-10-11-8-15(28(25,26)12-4-3-7-21-9-12)23(22-11)14-6-2-5-13(19)16(14)18/h2-9H,10H2,1H3,(H,20,24). The summed E-state index contributed by atoms with van der Waals surface area (Å²) in [6.45, 7) is -0.296. The van der Waals surface area contributed by atoms with E-state index in [0.29, 0.717) is 0 Å². The molecule has 0 saturated carbocycles. The van der Waals surface area contributed by atoms with Crippen LogP contribution in [-0.4, -0.2) is 36.3 Å². The van der Waals surface area contributed by atoms with Crippen molar-refractivity contribution in [3.63, 3.8) is 0 Å². The van der Waals surface area contributed by atoms with Crippen LogP contribution < -0.4 is 5.32 Å². The van der Waals surface area contributed by atoms with Crippen LogP contribution in [-0.2, 0) is 21.2 Å². The summed E-state index contributed by atoms with van der Waals surface area (Å²) in [4.78, 5) is 15.0. The first-order valence-electron chi connectivity index (χ1n) is 7.87. The highest BCUT2D eigenvalue weighted by molar-refractivity contribution is 7.91. The predicted octanol–water partition coefficient (Wildman–Crippen LogP) is 2.75.